The summed E-state index contributed by atoms with van der Waals surface area (Å²) in [4.78, 5) is 36.4. The fourth-order valence-electron chi connectivity index (χ4n) is 2.89. The molecular formula is C19H20N4O4. The summed E-state index contributed by atoms with van der Waals surface area (Å²) >= 11 is 0. The number of amides is 3. The van der Waals surface area contributed by atoms with E-state index in [1.807, 2.05) is 6.92 Å². The van der Waals surface area contributed by atoms with E-state index in [0.717, 1.165) is 17.5 Å². The number of carbonyl (C=O) groups is 2. The molecule has 3 rings (SSSR count). The van der Waals surface area contributed by atoms with Crippen molar-refractivity contribution >= 4 is 23.3 Å². The second-order valence-electron chi connectivity index (χ2n) is 6.33. The molecule has 0 fully saturated rings. The first kappa shape index (κ1) is 18.4. The molecule has 140 valence electrons. The van der Waals surface area contributed by atoms with Gasteiger partial charge in [-0.3, -0.25) is 14.9 Å². The smallest absolute Gasteiger partial charge is 0.322 e. The number of benzene rings is 2. The molecule has 2 aromatic rings. The number of nitro benzene ring substituents is 1. The molecule has 8 nitrogen and oxygen atoms in total. The van der Waals surface area contributed by atoms with Gasteiger partial charge in [-0.1, -0.05) is 13.0 Å². The van der Waals surface area contributed by atoms with Crippen LogP contribution in [0.1, 0.15) is 34.8 Å². The summed E-state index contributed by atoms with van der Waals surface area (Å²) in [6.45, 7) is 3.32. The Bertz CT molecular complexity index is 880. The van der Waals surface area contributed by atoms with Gasteiger partial charge >= 0.3 is 6.03 Å². The van der Waals surface area contributed by atoms with E-state index in [0.29, 0.717) is 30.9 Å². The normalized spacial score (nSPS) is 12.4. The second kappa shape index (κ2) is 7.86. The SMILES string of the molecule is CCCNC(=O)c1ccc(NC(=O)N2Cc3ccc([N+](=O)[O-])cc3C2)cc1. The summed E-state index contributed by atoms with van der Waals surface area (Å²) in [6, 6.07) is 11.0. The molecule has 0 aromatic heterocycles. The fourth-order valence-corrected chi connectivity index (χ4v) is 2.89. The molecule has 8 heteroatoms. The van der Waals surface area contributed by atoms with Crippen molar-refractivity contribution in [3.05, 3.63) is 69.3 Å². The van der Waals surface area contributed by atoms with Crippen LogP contribution in [-0.4, -0.2) is 28.3 Å². The molecule has 27 heavy (non-hydrogen) atoms. The number of rotatable bonds is 5. The van der Waals surface area contributed by atoms with Crippen molar-refractivity contribution in [2.24, 2.45) is 0 Å². The lowest BCUT2D eigenvalue weighted by molar-refractivity contribution is -0.384. The molecule has 0 saturated carbocycles. The quantitative estimate of drug-likeness (QED) is 0.624. The number of nitrogens with zero attached hydrogens (tertiary/aromatic N) is 2. The third-order valence-corrected chi connectivity index (χ3v) is 4.34. The number of nitrogens with one attached hydrogen (secondary N) is 2. The minimum absolute atomic E-state index is 0.0212. The van der Waals surface area contributed by atoms with Gasteiger partial charge in [0.1, 0.15) is 0 Å². The number of hydrogen-bond acceptors (Lipinski definition) is 4. The number of fused-ring (bicyclic) bond motifs is 1. The summed E-state index contributed by atoms with van der Waals surface area (Å²) in [5.41, 5.74) is 2.81. The molecule has 0 radical (unpaired) electrons. The zero-order valence-corrected chi connectivity index (χ0v) is 14.9. The van der Waals surface area contributed by atoms with Crippen molar-refractivity contribution in [1.29, 1.82) is 0 Å². The third kappa shape index (κ3) is 4.22. The van der Waals surface area contributed by atoms with Gasteiger partial charge in [-0.05, 0) is 41.8 Å². The highest BCUT2D eigenvalue weighted by molar-refractivity contribution is 5.95. The maximum atomic E-state index is 12.5. The monoisotopic (exact) mass is 368 g/mol. The molecule has 0 atom stereocenters. The van der Waals surface area contributed by atoms with Crippen LogP contribution in [0, 0.1) is 10.1 Å². The van der Waals surface area contributed by atoms with Crippen LogP contribution < -0.4 is 10.6 Å². The van der Waals surface area contributed by atoms with Gasteiger partial charge in [-0.25, -0.2) is 4.79 Å². The van der Waals surface area contributed by atoms with Crippen molar-refractivity contribution in [3.63, 3.8) is 0 Å². The van der Waals surface area contributed by atoms with E-state index in [-0.39, 0.29) is 17.6 Å². The number of anilines is 1. The Balaban J connectivity index is 1.61. The van der Waals surface area contributed by atoms with E-state index < -0.39 is 4.92 Å². The van der Waals surface area contributed by atoms with E-state index in [4.69, 9.17) is 0 Å². The Hall–Kier alpha value is -3.42. The molecule has 0 unspecified atom stereocenters. The Morgan fingerprint density at radius 3 is 2.48 bits per heavy atom. The van der Waals surface area contributed by atoms with Crippen LogP contribution in [0.4, 0.5) is 16.2 Å². The topological polar surface area (TPSA) is 105 Å². The standard InChI is InChI=1S/C19H20N4O4/c1-2-9-20-18(24)13-3-6-16(7-4-13)21-19(25)22-11-14-5-8-17(23(26)27)10-15(14)12-22/h3-8,10H,2,9,11-12H2,1H3,(H,20,24)(H,21,25). The van der Waals surface area contributed by atoms with E-state index in [1.165, 1.54) is 12.1 Å². The number of urea groups is 1. The maximum Gasteiger partial charge on any atom is 0.322 e. The lowest BCUT2D eigenvalue weighted by Gasteiger charge is -2.16. The highest BCUT2D eigenvalue weighted by atomic mass is 16.6. The molecule has 0 aliphatic carbocycles. The summed E-state index contributed by atoms with van der Waals surface area (Å²) in [5.74, 6) is -0.147. The molecule has 3 amide bonds. The molecule has 0 spiro atoms. The largest absolute Gasteiger partial charge is 0.352 e. The minimum atomic E-state index is -0.443. The van der Waals surface area contributed by atoms with Gasteiger partial charge in [0, 0.05) is 43.0 Å². The first-order valence-corrected chi connectivity index (χ1v) is 8.68. The molecule has 0 bridgehead atoms. The predicted octanol–water partition coefficient (Wildman–Crippen LogP) is 3.28. The van der Waals surface area contributed by atoms with Gasteiger partial charge in [0.25, 0.3) is 11.6 Å². The zero-order chi connectivity index (χ0) is 19.4. The molecule has 2 aromatic carbocycles. The van der Waals surface area contributed by atoms with Crippen molar-refractivity contribution in [1.82, 2.24) is 10.2 Å². The summed E-state index contributed by atoms with van der Waals surface area (Å²) in [7, 11) is 0. The van der Waals surface area contributed by atoms with Crippen LogP contribution in [0.5, 0.6) is 0 Å². The van der Waals surface area contributed by atoms with Crippen molar-refractivity contribution in [3.8, 4) is 0 Å². The number of non-ortho nitro benzene ring substituents is 1. The van der Waals surface area contributed by atoms with Crippen molar-refractivity contribution in [2.45, 2.75) is 26.4 Å². The average molecular weight is 368 g/mol. The Labute approximate surface area is 156 Å². The fraction of sp³-hybridized carbons (Fsp3) is 0.263. The Morgan fingerprint density at radius 2 is 1.81 bits per heavy atom. The number of hydrogen-bond donors (Lipinski definition) is 2. The van der Waals surface area contributed by atoms with Gasteiger partial charge in [0.05, 0.1) is 4.92 Å². The lowest BCUT2D eigenvalue weighted by Crippen LogP contribution is -2.30. The van der Waals surface area contributed by atoms with Gasteiger partial charge in [0.2, 0.25) is 0 Å². The van der Waals surface area contributed by atoms with E-state index in [1.54, 1.807) is 35.2 Å². The maximum absolute atomic E-state index is 12.5. The second-order valence-corrected chi connectivity index (χ2v) is 6.33. The number of carbonyl (C=O) groups excluding carboxylic acids is 2. The average Bonchev–Trinajstić information content (AvgIpc) is 3.10. The van der Waals surface area contributed by atoms with Crippen molar-refractivity contribution < 1.29 is 14.5 Å². The molecule has 1 heterocycles. The zero-order valence-electron chi connectivity index (χ0n) is 14.9. The summed E-state index contributed by atoms with van der Waals surface area (Å²) in [5, 5.41) is 16.5. The van der Waals surface area contributed by atoms with Gasteiger partial charge in [-0.15, -0.1) is 0 Å². The molecule has 1 aliphatic rings. The van der Waals surface area contributed by atoms with Crippen LogP contribution in [0.2, 0.25) is 0 Å². The first-order chi connectivity index (χ1) is 13.0. The first-order valence-electron chi connectivity index (χ1n) is 8.68. The molecule has 1 aliphatic heterocycles. The van der Waals surface area contributed by atoms with E-state index in [9.17, 15) is 19.7 Å². The number of nitro groups is 1. The van der Waals surface area contributed by atoms with Crippen LogP contribution in [0.15, 0.2) is 42.5 Å². The van der Waals surface area contributed by atoms with Gasteiger partial charge < -0.3 is 15.5 Å². The van der Waals surface area contributed by atoms with Crippen LogP contribution in [0.25, 0.3) is 0 Å². The van der Waals surface area contributed by atoms with Crippen LogP contribution >= 0.6 is 0 Å². The Morgan fingerprint density at radius 1 is 1.11 bits per heavy atom. The summed E-state index contributed by atoms with van der Waals surface area (Å²) in [6.07, 6.45) is 0.862. The molecular weight excluding hydrogens is 348 g/mol. The van der Waals surface area contributed by atoms with Crippen LogP contribution in [0.3, 0.4) is 0 Å². The Kier molecular flexibility index (Phi) is 5.35. The summed E-state index contributed by atoms with van der Waals surface area (Å²) < 4.78 is 0. The van der Waals surface area contributed by atoms with Gasteiger partial charge in [-0.2, -0.15) is 0 Å². The highest BCUT2D eigenvalue weighted by Gasteiger charge is 2.25. The van der Waals surface area contributed by atoms with Crippen molar-refractivity contribution in [2.75, 3.05) is 11.9 Å². The van der Waals surface area contributed by atoms with Gasteiger partial charge in [0.15, 0.2) is 0 Å². The molecule has 2 N–H and O–H groups in total. The van der Waals surface area contributed by atoms with Crippen LogP contribution in [-0.2, 0) is 13.1 Å². The van der Waals surface area contributed by atoms with E-state index >= 15 is 0 Å². The third-order valence-electron chi connectivity index (χ3n) is 4.34. The predicted molar refractivity (Wildman–Crippen MR) is 100 cm³/mol. The lowest BCUT2D eigenvalue weighted by atomic mass is 10.1. The van der Waals surface area contributed by atoms with E-state index in [2.05, 4.69) is 10.6 Å². The minimum Gasteiger partial charge on any atom is -0.352 e. The molecule has 0 saturated heterocycles. The highest BCUT2D eigenvalue weighted by Crippen LogP contribution is 2.27.